The summed E-state index contributed by atoms with van der Waals surface area (Å²) in [6.07, 6.45) is 0. The maximum Gasteiger partial charge on any atom is 1.00 e. The maximum atomic E-state index is 4.66. The molecule has 3 radical (unpaired) electrons. The average molecular weight is 243 g/mol. The van der Waals surface area contributed by atoms with Gasteiger partial charge in [0.2, 0.25) is 0 Å². The van der Waals surface area contributed by atoms with Crippen LogP contribution in [-0.4, -0.2) is 35.8 Å². The van der Waals surface area contributed by atoms with Gasteiger partial charge in [0.15, 0.2) is 0 Å². The predicted octanol–water partition coefficient (Wildman–Crippen LogP) is -2.57. The molecule has 0 atom stereocenters. The Kier molecular flexibility index (Phi) is 88.1. The first-order valence-electron chi connectivity index (χ1n) is 1.89. The molecule has 0 aliphatic heterocycles. The van der Waals surface area contributed by atoms with Gasteiger partial charge in [0.1, 0.15) is 0 Å². The Hall–Kier alpha value is 2.53. The van der Waals surface area contributed by atoms with E-state index in [1.165, 1.54) is 0 Å². The van der Waals surface area contributed by atoms with E-state index in [-0.39, 0.29) is 93.1 Å². The summed E-state index contributed by atoms with van der Waals surface area (Å²) in [4.78, 5) is 0. The molecule has 0 bridgehead atoms. The van der Waals surface area contributed by atoms with Crippen LogP contribution in [0.2, 0.25) is 0 Å². The summed E-state index contributed by atoms with van der Waals surface area (Å²) in [7, 11) is 3.30. The van der Waals surface area contributed by atoms with Gasteiger partial charge in [-0.05, 0) is 0 Å². The Morgan fingerprint density at radius 1 is 1.10 bits per heavy atom. The fourth-order valence-electron chi connectivity index (χ4n) is 0.167. The van der Waals surface area contributed by atoms with Gasteiger partial charge in [-0.15, -0.1) is 12.4 Å². The third-order valence-corrected chi connectivity index (χ3v) is 0.492. The normalized spacial score (nSPS) is 5.40. The third kappa shape index (κ3) is 31.3. The molecule has 53 valence electrons. The van der Waals surface area contributed by atoms with Gasteiger partial charge >= 0.3 is 51.4 Å². The van der Waals surface area contributed by atoms with Crippen LogP contribution in [-0.2, 0) is 29.0 Å². The zero-order chi connectivity index (χ0) is 4.83. The fourth-order valence-corrected chi connectivity index (χ4v) is 0.167. The van der Waals surface area contributed by atoms with Crippen LogP contribution in [0, 0.1) is 0 Å². The Morgan fingerprint density at radius 3 is 1.40 bits per heavy atom. The SMILES string of the molecule is COCCOC.Cl.[B].[H-].[K+].[Zn]. The molecule has 0 aliphatic rings. The molecule has 0 aromatic rings. The van der Waals surface area contributed by atoms with E-state index in [2.05, 4.69) is 9.47 Å². The summed E-state index contributed by atoms with van der Waals surface area (Å²) in [6.45, 7) is 1.38. The second-order valence-corrected chi connectivity index (χ2v) is 0.986. The van der Waals surface area contributed by atoms with Crippen molar-refractivity contribution in [3.05, 3.63) is 0 Å². The molecule has 6 heteroatoms. The summed E-state index contributed by atoms with van der Waals surface area (Å²) in [5.74, 6) is 0. The van der Waals surface area contributed by atoms with Crippen LogP contribution >= 0.6 is 12.4 Å². The van der Waals surface area contributed by atoms with E-state index in [1.807, 2.05) is 0 Å². The van der Waals surface area contributed by atoms with E-state index in [0.717, 1.165) is 0 Å². The van der Waals surface area contributed by atoms with Gasteiger partial charge in [0.05, 0.1) is 13.2 Å². The van der Waals surface area contributed by atoms with Crippen LogP contribution in [0.3, 0.4) is 0 Å². The molecule has 0 aromatic heterocycles. The molecule has 0 saturated carbocycles. The minimum atomic E-state index is 0. The number of hydrogen-bond acceptors (Lipinski definition) is 2. The molecule has 10 heavy (non-hydrogen) atoms. The standard InChI is InChI=1S/C4H10O2.B.ClH.K.Zn.H/c1-5-3-4-6-2;;;;;/h3-4H2,1-2H3;;1H;;;/q;;;+1;;-1. The monoisotopic (exact) mass is 241 g/mol. The minimum absolute atomic E-state index is 0. The molecule has 0 spiro atoms. The second-order valence-electron chi connectivity index (χ2n) is 0.986. The Morgan fingerprint density at radius 2 is 1.30 bits per heavy atom. The van der Waals surface area contributed by atoms with Crippen LogP contribution in [0.1, 0.15) is 1.43 Å². The summed E-state index contributed by atoms with van der Waals surface area (Å²) >= 11 is 0. The molecule has 0 aromatic carbocycles. The molecule has 0 saturated heterocycles. The minimum Gasteiger partial charge on any atom is -1.00 e. The van der Waals surface area contributed by atoms with Crippen LogP contribution in [0.15, 0.2) is 0 Å². The zero-order valence-corrected chi connectivity index (χ0v) is 13.8. The number of rotatable bonds is 3. The van der Waals surface area contributed by atoms with Crippen molar-refractivity contribution in [1.82, 2.24) is 0 Å². The zero-order valence-electron chi connectivity index (χ0n) is 7.92. The molecule has 0 aliphatic carbocycles. The predicted molar refractivity (Wildman–Crippen MR) is 37.9 cm³/mol. The number of halogens is 1. The van der Waals surface area contributed by atoms with Crippen LogP contribution < -0.4 is 51.4 Å². The summed E-state index contributed by atoms with van der Waals surface area (Å²) < 4.78 is 9.31. The van der Waals surface area contributed by atoms with E-state index in [1.54, 1.807) is 14.2 Å². The average Bonchev–Trinajstić information content (AvgIpc) is 1.61. The molecular weight excluding hydrogens is 231 g/mol. The first-order valence-corrected chi connectivity index (χ1v) is 1.89. The van der Waals surface area contributed by atoms with Crippen molar-refractivity contribution < 1.29 is 81.8 Å². The number of ether oxygens (including phenoxy) is 2. The van der Waals surface area contributed by atoms with E-state index < -0.39 is 0 Å². The molecule has 0 rings (SSSR count). The van der Waals surface area contributed by atoms with Crippen molar-refractivity contribution in [2.75, 3.05) is 27.4 Å². The van der Waals surface area contributed by atoms with Gasteiger partial charge in [0.25, 0.3) is 0 Å². The summed E-state index contributed by atoms with van der Waals surface area (Å²) in [6, 6.07) is 0. The third-order valence-electron chi connectivity index (χ3n) is 0.492. The Labute approximate surface area is 128 Å². The molecule has 0 unspecified atom stereocenters. The van der Waals surface area contributed by atoms with Gasteiger partial charge in [0, 0.05) is 42.1 Å². The molecule has 0 N–H and O–H groups in total. The van der Waals surface area contributed by atoms with Gasteiger partial charge in [-0.3, -0.25) is 0 Å². The molecule has 0 amide bonds. The molecule has 2 nitrogen and oxygen atoms in total. The van der Waals surface area contributed by atoms with Crippen molar-refractivity contribution in [2.45, 2.75) is 0 Å². The van der Waals surface area contributed by atoms with Gasteiger partial charge < -0.3 is 10.9 Å². The first-order chi connectivity index (χ1) is 2.91. The van der Waals surface area contributed by atoms with Gasteiger partial charge in [-0.2, -0.15) is 0 Å². The fraction of sp³-hybridized carbons (Fsp3) is 1.00. The Bertz CT molecular complexity index is 40.1. The quantitative estimate of drug-likeness (QED) is 0.401. The van der Waals surface area contributed by atoms with E-state index in [9.17, 15) is 0 Å². The molecule has 0 fully saturated rings. The largest absolute Gasteiger partial charge is 1.00 e. The van der Waals surface area contributed by atoms with Gasteiger partial charge in [-0.1, -0.05) is 0 Å². The van der Waals surface area contributed by atoms with Crippen molar-refractivity contribution >= 4 is 20.8 Å². The van der Waals surface area contributed by atoms with Crippen molar-refractivity contribution in [1.29, 1.82) is 0 Å². The van der Waals surface area contributed by atoms with Gasteiger partial charge in [-0.25, -0.2) is 0 Å². The van der Waals surface area contributed by atoms with E-state index in [4.69, 9.17) is 0 Å². The summed E-state index contributed by atoms with van der Waals surface area (Å²) in [5, 5.41) is 0. The summed E-state index contributed by atoms with van der Waals surface area (Å²) in [5.41, 5.74) is 0. The van der Waals surface area contributed by atoms with Crippen molar-refractivity contribution in [2.24, 2.45) is 0 Å². The van der Waals surface area contributed by atoms with E-state index >= 15 is 0 Å². The smallest absolute Gasteiger partial charge is 1.00 e. The van der Waals surface area contributed by atoms with E-state index in [0.29, 0.717) is 13.2 Å². The van der Waals surface area contributed by atoms with Crippen LogP contribution in [0.25, 0.3) is 0 Å². The van der Waals surface area contributed by atoms with Crippen LogP contribution in [0.5, 0.6) is 0 Å². The van der Waals surface area contributed by atoms with Crippen LogP contribution in [0.4, 0.5) is 0 Å². The van der Waals surface area contributed by atoms with Crippen molar-refractivity contribution in [3.8, 4) is 0 Å². The first kappa shape index (κ1) is 29.4. The molecular formula is C4H12BClKO2Zn. The molecule has 0 heterocycles. The number of hydrogen-bond donors (Lipinski definition) is 0. The Balaban J connectivity index is -0.0000000125. The topological polar surface area (TPSA) is 18.5 Å². The van der Waals surface area contributed by atoms with Crippen molar-refractivity contribution in [3.63, 3.8) is 0 Å². The number of methoxy groups -OCH3 is 2. The second kappa shape index (κ2) is 30.0. The maximum absolute atomic E-state index is 4.66.